The van der Waals surface area contributed by atoms with E-state index in [2.05, 4.69) is 20.8 Å². The summed E-state index contributed by atoms with van der Waals surface area (Å²) in [5, 5.41) is 13.9. The summed E-state index contributed by atoms with van der Waals surface area (Å²) in [6.45, 7) is 0.220. The van der Waals surface area contributed by atoms with Crippen LogP contribution in [0.25, 0.3) is 5.65 Å². The Balaban J connectivity index is 1.64. The lowest BCUT2D eigenvalue weighted by Crippen LogP contribution is -2.47. The van der Waals surface area contributed by atoms with Crippen LogP contribution in [0.4, 0.5) is 0 Å². The minimum atomic E-state index is -0.642. The smallest absolute Gasteiger partial charge is 0.251 e. The zero-order chi connectivity index (χ0) is 20.6. The second kappa shape index (κ2) is 9.92. The minimum absolute atomic E-state index is 0.220. The number of hydrogen-bond acceptors (Lipinski definition) is 6. The lowest BCUT2D eigenvalue weighted by molar-refractivity contribution is -0.123. The number of nitrogens with zero attached hydrogens (tertiary/aromatic N) is 3. The molecule has 0 aliphatic rings. The average molecular weight is 414 g/mol. The van der Waals surface area contributed by atoms with Gasteiger partial charge in [-0.05, 0) is 54.8 Å². The number of fused-ring (bicyclic) bond motifs is 1. The first-order chi connectivity index (χ1) is 14.1. The van der Waals surface area contributed by atoms with Crippen molar-refractivity contribution in [1.82, 2.24) is 25.2 Å². The molecular weight excluding hydrogens is 390 g/mol. The van der Waals surface area contributed by atoms with Crippen LogP contribution >= 0.6 is 11.8 Å². The maximum Gasteiger partial charge on any atom is 0.251 e. The van der Waals surface area contributed by atoms with Crippen molar-refractivity contribution in [2.45, 2.75) is 19.0 Å². The second-order valence-corrected chi connectivity index (χ2v) is 7.28. The summed E-state index contributed by atoms with van der Waals surface area (Å²) in [6.07, 6.45) is 4.32. The molecule has 2 amide bonds. The Morgan fingerprint density at radius 1 is 1.17 bits per heavy atom. The molecule has 0 radical (unpaired) electrons. The first-order valence-corrected chi connectivity index (χ1v) is 10.5. The fraction of sp³-hybridized carbons (Fsp3) is 0.300. The van der Waals surface area contributed by atoms with E-state index in [0.29, 0.717) is 29.2 Å². The molecule has 9 heteroatoms. The lowest BCUT2D eigenvalue weighted by Gasteiger charge is -2.18. The van der Waals surface area contributed by atoms with Gasteiger partial charge in [0.05, 0.1) is 13.7 Å². The highest BCUT2D eigenvalue weighted by Crippen LogP contribution is 2.12. The molecule has 0 bridgehead atoms. The van der Waals surface area contributed by atoms with Crippen LogP contribution in [0.15, 0.2) is 48.7 Å². The van der Waals surface area contributed by atoms with Crippen LogP contribution in [0.1, 0.15) is 22.6 Å². The van der Waals surface area contributed by atoms with Gasteiger partial charge in [-0.25, -0.2) is 0 Å². The zero-order valence-corrected chi connectivity index (χ0v) is 17.1. The van der Waals surface area contributed by atoms with E-state index in [1.165, 1.54) is 0 Å². The van der Waals surface area contributed by atoms with E-state index in [4.69, 9.17) is 4.74 Å². The first kappa shape index (κ1) is 20.7. The van der Waals surface area contributed by atoms with Crippen LogP contribution < -0.4 is 15.4 Å². The fourth-order valence-corrected chi connectivity index (χ4v) is 3.26. The van der Waals surface area contributed by atoms with Gasteiger partial charge in [-0.2, -0.15) is 11.8 Å². The monoisotopic (exact) mass is 413 g/mol. The Morgan fingerprint density at radius 3 is 2.69 bits per heavy atom. The van der Waals surface area contributed by atoms with Gasteiger partial charge in [0.15, 0.2) is 11.5 Å². The third-order valence-electron chi connectivity index (χ3n) is 4.39. The van der Waals surface area contributed by atoms with E-state index >= 15 is 0 Å². The molecule has 2 N–H and O–H groups in total. The Morgan fingerprint density at radius 2 is 1.97 bits per heavy atom. The van der Waals surface area contributed by atoms with Crippen LogP contribution in [0.3, 0.4) is 0 Å². The molecule has 0 spiro atoms. The standard InChI is InChI=1S/C20H23N5O3S/c1-28-15-8-6-14(7-9-15)19(26)22-16(10-12-29-2)20(27)21-13-18-24-23-17-5-3-4-11-25(17)18/h3-9,11,16H,10,12-13H2,1-2H3,(H,21,27)(H,22,26)/t16-/m1/s1. The normalized spacial score (nSPS) is 11.8. The number of rotatable bonds is 9. The van der Waals surface area contributed by atoms with Gasteiger partial charge in [-0.1, -0.05) is 6.07 Å². The molecule has 2 heterocycles. The summed E-state index contributed by atoms with van der Waals surface area (Å²) in [4.78, 5) is 25.3. The van der Waals surface area contributed by atoms with Gasteiger partial charge in [0.1, 0.15) is 11.8 Å². The van der Waals surface area contributed by atoms with Gasteiger partial charge in [0.2, 0.25) is 5.91 Å². The number of methoxy groups -OCH3 is 1. The van der Waals surface area contributed by atoms with Crippen molar-refractivity contribution in [3.05, 3.63) is 60.0 Å². The van der Waals surface area contributed by atoms with Crippen molar-refractivity contribution in [3.63, 3.8) is 0 Å². The number of ether oxygens (including phenoxy) is 1. The van der Waals surface area contributed by atoms with E-state index in [9.17, 15) is 9.59 Å². The molecule has 0 saturated carbocycles. The van der Waals surface area contributed by atoms with Gasteiger partial charge in [0, 0.05) is 11.8 Å². The molecule has 29 heavy (non-hydrogen) atoms. The van der Waals surface area contributed by atoms with E-state index in [-0.39, 0.29) is 18.4 Å². The summed E-state index contributed by atoms with van der Waals surface area (Å²) >= 11 is 1.62. The Kier molecular flexibility index (Phi) is 7.07. The van der Waals surface area contributed by atoms with Crippen molar-refractivity contribution >= 4 is 29.2 Å². The molecular formula is C20H23N5O3S. The SMILES string of the molecule is COc1ccc(C(=O)N[C@H](CCSC)C(=O)NCc2nnc3ccccn23)cc1. The molecule has 152 valence electrons. The van der Waals surface area contributed by atoms with Crippen LogP contribution in [0.5, 0.6) is 5.75 Å². The highest BCUT2D eigenvalue weighted by Gasteiger charge is 2.21. The van der Waals surface area contributed by atoms with Crippen molar-refractivity contribution in [2.24, 2.45) is 0 Å². The molecule has 0 aliphatic carbocycles. The van der Waals surface area contributed by atoms with Gasteiger partial charge in [-0.15, -0.1) is 10.2 Å². The zero-order valence-electron chi connectivity index (χ0n) is 16.3. The molecule has 0 saturated heterocycles. The third kappa shape index (κ3) is 5.26. The third-order valence-corrected chi connectivity index (χ3v) is 5.03. The number of benzene rings is 1. The molecule has 1 atom stereocenters. The topological polar surface area (TPSA) is 97.6 Å². The van der Waals surface area contributed by atoms with Crippen molar-refractivity contribution in [3.8, 4) is 5.75 Å². The molecule has 2 aromatic heterocycles. The summed E-state index contributed by atoms with van der Waals surface area (Å²) in [5.74, 6) is 1.47. The first-order valence-electron chi connectivity index (χ1n) is 9.12. The summed E-state index contributed by atoms with van der Waals surface area (Å²) in [7, 11) is 1.57. The van der Waals surface area contributed by atoms with Gasteiger partial charge in [0.25, 0.3) is 5.91 Å². The van der Waals surface area contributed by atoms with Crippen LogP contribution in [-0.2, 0) is 11.3 Å². The fourth-order valence-electron chi connectivity index (χ4n) is 2.79. The predicted octanol–water partition coefficient (Wildman–Crippen LogP) is 1.91. The molecule has 0 unspecified atom stereocenters. The summed E-state index contributed by atoms with van der Waals surface area (Å²) in [5.41, 5.74) is 1.18. The number of aromatic nitrogens is 3. The van der Waals surface area contributed by atoms with E-state index in [1.54, 1.807) is 43.1 Å². The van der Waals surface area contributed by atoms with Gasteiger partial charge >= 0.3 is 0 Å². The quantitative estimate of drug-likeness (QED) is 0.556. The Labute approximate surface area is 173 Å². The maximum absolute atomic E-state index is 12.7. The number of nitrogens with one attached hydrogen (secondary N) is 2. The van der Waals surface area contributed by atoms with Crippen molar-refractivity contribution in [2.75, 3.05) is 19.1 Å². The van der Waals surface area contributed by atoms with Gasteiger partial charge < -0.3 is 15.4 Å². The van der Waals surface area contributed by atoms with E-state index in [0.717, 1.165) is 5.75 Å². The lowest BCUT2D eigenvalue weighted by atomic mass is 10.1. The minimum Gasteiger partial charge on any atom is -0.497 e. The molecule has 1 aromatic carbocycles. The molecule has 8 nitrogen and oxygen atoms in total. The Hall–Kier alpha value is -3.07. The second-order valence-electron chi connectivity index (χ2n) is 6.30. The van der Waals surface area contributed by atoms with Gasteiger partial charge in [-0.3, -0.25) is 14.0 Å². The largest absolute Gasteiger partial charge is 0.497 e. The summed E-state index contributed by atoms with van der Waals surface area (Å²) in [6, 6.07) is 11.7. The number of thioether (sulfide) groups is 1. The average Bonchev–Trinajstić information content (AvgIpc) is 3.18. The van der Waals surface area contributed by atoms with Crippen LogP contribution in [0, 0.1) is 0 Å². The molecule has 0 fully saturated rings. The number of hydrogen-bond donors (Lipinski definition) is 2. The number of pyridine rings is 1. The maximum atomic E-state index is 12.7. The number of carbonyl (C=O) groups excluding carboxylic acids is 2. The molecule has 3 rings (SSSR count). The van der Waals surface area contributed by atoms with Crippen LogP contribution in [0.2, 0.25) is 0 Å². The highest BCUT2D eigenvalue weighted by atomic mass is 32.2. The predicted molar refractivity (Wildman–Crippen MR) is 112 cm³/mol. The highest BCUT2D eigenvalue weighted by molar-refractivity contribution is 7.98. The van der Waals surface area contributed by atoms with Crippen molar-refractivity contribution < 1.29 is 14.3 Å². The van der Waals surface area contributed by atoms with E-state index in [1.807, 2.05) is 35.1 Å². The Bertz CT molecular complexity index is 974. The molecule has 0 aliphatic heterocycles. The van der Waals surface area contributed by atoms with E-state index < -0.39 is 6.04 Å². The summed E-state index contributed by atoms with van der Waals surface area (Å²) < 4.78 is 6.92. The van der Waals surface area contributed by atoms with Crippen molar-refractivity contribution in [1.29, 1.82) is 0 Å². The number of amides is 2. The van der Waals surface area contributed by atoms with Crippen LogP contribution in [-0.4, -0.2) is 51.6 Å². The number of carbonyl (C=O) groups is 2. The molecule has 3 aromatic rings.